The van der Waals surface area contributed by atoms with Crippen LogP contribution in [0.25, 0.3) is 0 Å². The van der Waals surface area contributed by atoms with Gasteiger partial charge in [-0.1, -0.05) is 40.2 Å². The summed E-state index contributed by atoms with van der Waals surface area (Å²) in [6.07, 6.45) is 3.40. The largest absolute Gasteiger partial charge is 0.381 e. The number of amides is 1. The van der Waals surface area contributed by atoms with Crippen molar-refractivity contribution in [2.24, 2.45) is 0 Å². The molecule has 1 aliphatic heterocycles. The van der Waals surface area contributed by atoms with Crippen molar-refractivity contribution in [2.45, 2.75) is 36.5 Å². The van der Waals surface area contributed by atoms with Crippen molar-refractivity contribution in [3.63, 3.8) is 0 Å². The Balaban J connectivity index is 1.53. The lowest BCUT2D eigenvalue weighted by Gasteiger charge is -2.38. The van der Waals surface area contributed by atoms with E-state index in [1.54, 1.807) is 0 Å². The van der Waals surface area contributed by atoms with Gasteiger partial charge in [-0.15, -0.1) is 0 Å². The van der Waals surface area contributed by atoms with Gasteiger partial charge in [-0.2, -0.15) is 0 Å². The van der Waals surface area contributed by atoms with Gasteiger partial charge in [0.1, 0.15) is 5.82 Å². The second-order valence-electron chi connectivity index (χ2n) is 7.67. The molecule has 1 saturated heterocycles. The van der Waals surface area contributed by atoms with Gasteiger partial charge in [0.05, 0.1) is 5.41 Å². The molecule has 2 fully saturated rings. The minimum atomic E-state index is -0.404. The third-order valence-electron chi connectivity index (χ3n) is 6.06. The van der Waals surface area contributed by atoms with Gasteiger partial charge in [0, 0.05) is 29.6 Å². The number of benzene rings is 2. The molecule has 27 heavy (non-hydrogen) atoms. The molecule has 1 amide bonds. The number of nitrogens with one attached hydrogen (secondary N) is 1. The number of halogens is 2. The zero-order chi connectivity index (χ0) is 18.9. The molecule has 1 aliphatic carbocycles. The second-order valence-corrected chi connectivity index (χ2v) is 8.59. The van der Waals surface area contributed by atoms with E-state index in [0.29, 0.717) is 19.8 Å². The summed E-state index contributed by atoms with van der Waals surface area (Å²) in [6.45, 7) is 1.87. The van der Waals surface area contributed by atoms with E-state index in [-0.39, 0.29) is 17.1 Å². The molecule has 1 saturated carbocycles. The summed E-state index contributed by atoms with van der Waals surface area (Å²) in [4.78, 5) is 13.1. The lowest BCUT2D eigenvalue weighted by molar-refractivity contribution is -0.124. The van der Waals surface area contributed by atoms with Gasteiger partial charge in [0.15, 0.2) is 0 Å². The van der Waals surface area contributed by atoms with Gasteiger partial charge in [0.25, 0.3) is 0 Å². The fourth-order valence-corrected chi connectivity index (χ4v) is 4.51. The van der Waals surface area contributed by atoms with Crippen LogP contribution < -0.4 is 5.32 Å². The maximum absolute atomic E-state index is 13.4. The van der Waals surface area contributed by atoms with E-state index in [1.807, 2.05) is 36.4 Å². The molecule has 1 heterocycles. The molecule has 5 heteroatoms. The fraction of sp³-hybridized carbons (Fsp3) is 0.409. The van der Waals surface area contributed by atoms with Crippen LogP contribution in [0.4, 0.5) is 4.39 Å². The Kier molecular flexibility index (Phi) is 5.08. The number of carbonyl (C=O) groups is 1. The maximum atomic E-state index is 13.4. The van der Waals surface area contributed by atoms with Gasteiger partial charge in [-0.25, -0.2) is 4.39 Å². The van der Waals surface area contributed by atoms with E-state index < -0.39 is 5.41 Å². The quantitative estimate of drug-likeness (QED) is 0.757. The van der Waals surface area contributed by atoms with E-state index in [4.69, 9.17) is 4.74 Å². The third-order valence-corrected chi connectivity index (χ3v) is 6.55. The van der Waals surface area contributed by atoms with Crippen LogP contribution in [0.5, 0.6) is 0 Å². The van der Waals surface area contributed by atoms with Crippen molar-refractivity contribution in [1.29, 1.82) is 0 Å². The summed E-state index contributed by atoms with van der Waals surface area (Å²) in [5.74, 6) is -0.148. The Morgan fingerprint density at radius 3 is 2.37 bits per heavy atom. The van der Waals surface area contributed by atoms with Gasteiger partial charge in [-0.3, -0.25) is 4.79 Å². The molecule has 142 valence electrons. The Labute approximate surface area is 167 Å². The molecular weight excluding hydrogens is 409 g/mol. The van der Waals surface area contributed by atoms with Gasteiger partial charge < -0.3 is 10.1 Å². The third kappa shape index (κ3) is 3.67. The number of hydrogen-bond donors (Lipinski definition) is 1. The minimum Gasteiger partial charge on any atom is -0.381 e. The molecule has 3 nitrogen and oxygen atoms in total. The molecule has 0 aromatic heterocycles. The van der Waals surface area contributed by atoms with Crippen LogP contribution in [0, 0.1) is 5.82 Å². The lowest BCUT2D eigenvalue weighted by atomic mass is 9.74. The van der Waals surface area contributed by atoms with Gasteiger partial charge >= 0.3 is 0 Å². The molecule has 2 aromatic rings. The molecular formula is C22H23BrFNO2. The van der Waals surface area contributed by atoms with Crippen molar-refractivity contribution >= 4 is 21.8 Å². The van der Waals surface area contributed by atoms with Crippen LogP contribution in [-0.4, -0.2) is 25.7 Å². The van der Waals surface area contributed by atoms with Gasteiger partial charge in [-0.05, 0) is 61.1 Å². The molecule has 0 spiro atoms. The molecule has 2 aliphatic rings. The van der Waals surface area contributed by atoms with Crippen molar-refractivity contribution < 1.29 is 13.9 Å². The first-order chi connectivity index (χ1) is 13.0. The van der Waals surface area contributed by atoms with Crippen molar-refractivity contribution in [2.75, 3.05) is 19.8 Å². The smallest absolute Gasteiger partial charge is 0.230 e. The SMILES string of the molecule is O=C(NCC1(c2ccc(F)cc2)CCOCC1)C1(c2cccc(Br)c2)CC1. The Morgan fingerprint density at radius 2 is 1.74 bits per heavy atom. The highest BCUT2D eigenvalue weighted by Gasteiger charge is 2.51. The predicted molar refractivity (Wildman–Crippen MR) is 106 cm³/mol. The van der Waals surface area contributed by atoms with Crippen LogP contribution in [0.1, 0.15) is 36.8 Å². The Morgan fingerprint density at radius 1 is 1.04 bits per heavy atom. The number of rotatable bonds is 5. The first kappa shape index (κ1) is 18.6. The number of hydrogen-bond acceptors (Lipinski definition) is 2. The number of ether oxygens (including phenoxy) is 1. The standard InChI is InChI=1S/C22H23BrFNO2/c23-18-3-1-2-17(14-18)22(8-9-22)20(26)25-15-21(10-12-27-13-11-21)16-4-6-19(24)7-5-16/h1-7,14H,8-13,15H2,(H,25,26). The van der Waals surface area contributed by atoms with Gasteiger partial charge in [0.2, 0.25) is 5.91 Å². The molecule has 0 radical (unpaired) electrons. The van der Waals surface area contributed by atoms with E-state index >= 15 is 0 Å². The zero-order valence-corrected chi connectivity index (χ0v) is 16.7. The Bertz CT molecular complexity index is 826. The van der Waals surface area contributed by atoms with Crippen LogP contribution >= 0.6 is 15.9 Å². The van der Waals surface area contributed by atoms with Crippen molar-refractivity contribution in [3.8, 4) is 0 Å². The molecule has 2 aromatic carbocycles. The first-order valence-corrected chi connectivity index (χ1v) is 10.2. The topological polar surface area (TPSA) is 38.3 Å². The molecule has 1 N–H and O–H groups in total. The summed E-state index contributed by atoms with van der Waals surface area (Å²) >= 11 is 3.50. The highest BCUT2D eigenvalue weighted by atomic mass is 79.9. The van der Waals surface area contributed by atoms with Crippen LogP contribution in [0.15, 0.2) is 53.0 Å². The first-order valence-electron chi connectivity index (χ1n) is 9.42. The van der Waals surface area contributed by atoms with E-state index in [0.717, 1.165) is 41.3 Å². The van der Waals surface area contributed by atoms with Crippen LogP contribution in [0.3, 0.4) is 0 Å². The average molecular weight is 432 g/mol. The van der Waals surface area contributed by atoms with Crippen LogP contribution in [0.2, 0.25) is 0 Å². The zero-order valence-electron chi connectivity index (χ0n) is 15.1. The molecule has 0 atom stereocenters. The summed E-state index contributed by atoms with van der Waals surface area (Å²) in [7, 11) is 0. The minimum absolute atomic E-state index is 0.0913. The number of carbonyl (C=O) groups excluding carboxylic acids is 1. The monoisotopic (exact) mass is 431 g/mol. The normalized spacial score (nSPS) is 20.1. The summed E-state index contributed by atoms with van der Waals surface area (Å²) in [5, 5.41) is 3.22. The molecule has 0 unspecified atom stereocenters. The summed E-state index contributed by atoms with van der Waals surface area (Å²) < 4.78 is 19.9. The fourth-order valence-electron chi connectivity index (χ4n) is 4.11. The lowest BCUT2D eigenvalue weighted by Crippen LogP contribution is -2.47. The van der Waals surface area contributed by atoms with Crippen molar-refractivity contribution in [3.05, 3.63) is 69.9 Å². The van der Waals surface area contributed by atoms with E-state index in [2.05, 4.69) is 21.2 Å². The maximum Gasteiger partial charge on any atom is 0.230 e. The summed E-state index contributed by atoms with van der Waals surface area (Å²) in [6, 6.07) is 14.7. The van der Waals surface area contributed by atoms with E-state index in [1.165, 1.54) is 12.1 Å². The predicted octanol–water partition coefficient (Wildman–Crippen LogP) is 4.48. The Hall–Kier alpha value is -1.72. The van der Waals surface area contributed by atoms with E-state index in [9.17, 15) is 9.18 Å². The van der Waals surface area contributed by atoms with Crippen molar-refractivity contribution in [1.82, 2.24) is 5.32 Å². The molecule has 0 bridgehead atoms. The summed E-state index contributed by atoms with van der Waals surface area (Å²) in [5.41, 5.74) is 1.53. The molecule has 4 rings (SSSR count). The highest BCUT2D eigenvalue weighted by molar-refractivity contribution is 9.10. The second kappa shape index (κ2) is 7.36. The van der Waals surface area contributed by atoms with Crippen LogP contribution in [-0.2, 0) is 20.4 Å². The average Bonchev–Trinajstić information content (AvgIpc) is 3.49. The highest BCUT2D eigenvalue weighted by Crippen LogP contribution is 2.49.